The van der Waals surface area contributed by atoms with Crippen LogP contribution < -0.4 is 0 Å². The van der Waals surface area contributed by atoms with Gasteiger partial charge in [-0.1, -0.05) is 0 Å². The molecule has 0 atom stereocenters. The van der Waals surface area contributed by atoms with E-state index in [4.69, 9.17) is 0 Å². The third-order valence-corrected chi connectivity index (χ3v) is 2.03. The van der Waals surface area contributed by atoms with Gasteiger partial charge >= 0.3 is 56.1 Å². The number of hydrogen-bond donors (Lipinski definition) is 0. The standard InChI is InChI=1S/C5H3BN2S/c1-2-9-5-3-7-8-6-4(1)5/h1-3H. The second-order valence-corrected chi connectivity index (χ2v) is 2.68. The quantitative estimate of drug-likeness (QED) is 0.537. The number of aromatic nitrogens is 2. The van der Waals surface area contributed by atoms with E-state index in [1.54, 1.807) is 24.6 Å². The molecule has 0 aliphatic rings. The predicted molar refractivity (Wildman–Crippen MR) is 38.8 cm³/mol. The van der Waals surface area contributed by atoms with E-state index in [1.807, 2.05) is 11.4 Å². The maximum atomic E-state index is 3.75. The van der Waals surface area contributed by atoms with Crippen molar-refractivity contribution >= 4 is 28.4 Å². The molecule has 0 fully saturated rings. The molecule has 0 aromatic carbocycles. The predicted octanol–water partition coefficient (Wildman–Crippen LogP) is 1.03. The summed E-state index contributed by atoms with van der Waals surface area (Å²) in [6.07, 6.45) is 1.78. The Morgan fingerprint density at radius 1 is 1.56 bits per heavy atom. The molecule has 2 aromatic heterocycles. The van der Waals surface area contributed by atoms with Crippen molar-refractivity contribution in [3.05, 3.63) is 17.6 Å². The van der Waals surface area contributed by atoms with Crippen molar-refractivity contribution in [3.63, 3.8) is 0 Å². The molecule has 42 valence electrons. The minimum absolute atomic E-state index is 1.18. The average Bonchev–Trinajstić information content (AvgIpc) is 2.33. The Hall–Kier alpha value is -0.765. The first-order valence-electron chi connectivity index (χ1n) is 2.61. The molecule has 2 aromatic rings. The molecule has 0 amide bonds. The van der Waals surface area contributed by atoms with Crippen molar-refractivity contribution in [2.75, 3.05) is 0 Å². The van der Waals surface area contributed by atoms with Gasteiger partial charge in [-0.2, -0.15) is 0 Å². The molecule has 0 spiro atoms. The van der Waals surface area contributed by atoms with Crippen molar-refractivity contribution < 1.29 is 0 Å². The summed E-state index contributed by atoms with van der Waals surface area (Å²) in [5, 5.41) is 10.7. The van der Waals surface area contributed by atoms with Crippen LogP contribution in [0.4, 0.5) is 0 Å². The third kappa shape index (κ3) is 0.752. The van der Waals surface area contributed by atoms with E-state index in [1.165, 1.54) is 9.98 Å². The van der Waals surface area contributed by atoms with Gasteiger partial charge in [-0.15, -0.1) is 0 Å². The van der Waals surface area contributed by atoms with Crippen LogP contribution >= 0.6 is 11.3 Å². The first-order valence-corrected chi connectivity index (χ1v) is 3.49. The number of rotatable bonds is 0. The van der Waals surface area contributed by atoms with Crippen molar-refractivity contribution in [1.82, 2.24) is 10.1 Å². The van der Waals surface area contributed by atoms with Gasteiger partial charge in [-0.05, 0) is 0 Å². The van der Waals surface area contributed by atoms with Gasteiger partial charge in [-0.25, -0.2) is 0 Å². The monoisotopic (exact) mass is 134 g/mol. The van der Waals surface area contributed by atoms with E-state index < -0.39 is 0 Å². The van der Waals surface area contributed by atoms with Crippen LogP contribution in [-0.2, 0) is 0 Å². The molecule has 9 heavy (non-hydrogen) atoms. The fraction of sp³-hybridized carbons (Fsp3) is 0. The van der Waals surface area contributed by atoms with Crippen molar-refractivity contribution in [3.8, 4) is 0 Å². The van der Waals surface area contributed by atoms with Gasteiger partial charge < -0.3 is 0 Å². The molecule has 0 radical (unpaired) electrons. The van der Waals surface area contributed by atoms with Gasteiger partial charge in [0.1, 0.15) is 0 Å². The minimum atomic E-state index is 1.18. The topological polar surface area (TPSA) is 25.8 Å². The van der Waals surface area contributed by atoms with Crippen LogP contribution in [0.1, 0.15) is 0 Å². The van der Waals surface area contributed by atoms with E-state index >= 15 is 0 Å². The summed E-state index contributed by atoms with van der Waals surface area (Å²) < 4.78 is 1.20. The molecule has 2 nitrogen and oxygen atoms in total. The van der Waals surface area contributed by atoms with Crippen LogP contribution in [0.2, 0.25) is 0 Å². The summed E-state index contributed by atoms with van der Waals surface area (Å²) in [6.45, 7) is 0. The number of fused-ring (bicyclic) bond motifs is 1. The molecule has 0 aliphatic heterocycles. The molecular weight excluding hydrogens is 131 g/mol. The van der Waals surface area contributed by atoms with Crippen LogP contribution in [0.15, 0.2) is 17.6 Å². The van der Waals surface area contributed by atoms with Gasteiger partial charge in [-0.3, -0.25) is 0 Å². The SMILES string of the molecule is b1nncc2sccc12. The van der Waals surface area contributed by atoms with Gasteiger partial charge in [0, 0.05) is 0 Å². The van der Waals surface area contributed by atoms with Crippen LogP contribution in [0, 0.1) is 0 Å². The van der Waals surface area contributed by atoms with Crippen LogP contribution in [0.3, 0.4) is 0 Å². The molecule has 4 heteroatoms. The molecule has 0 N–H and O–H groups in total. The Morgan fingerprint density at radius 3 is 3.44 bits per heavy atom. The first kappa shape index (κ1) is 5.05. The van der Waals surface area contributed by atoms with E-state index in [9.17, 15) is 0 Å². The summed E-state index contributed by atoms with van der Waals surface area (Å²) >= 11 is 1.68. The summed E-state index contributed by atoms with van der Waals surface area (Å²) in [7, 11) is 1.77. The van der Waals surface area contributed by atoms with E-state index in [0.29, 0.717) is 0 Å². The fourth-order valence-electron chi connectivity index (χ4n) is 0.724. The second kappa shape index (κ2) is 1.88. The second-order valence-electron chi connectivity index (χ2n) is 1.73. The normalized spacial score (nSPS) is 9.78. The molecule has 0 saturated heterocycles. The molecule has 2 heterocycles. The zero-order valence-corrected chi connectivity index (χ0v) is 5.43. The van der Waals surface area contributed by atoms with E-state index in [0.717, 1.165) is 0 Å². The number of hydrogen-bond acceptors (Lipinski definition) is 3. The molecule has 2 rings (SSSR count). The Kier molecular flexibility index (Phi) is 1.06. The zero-order chi connectivity index (χ0) is 6.10. The molecular formula is C5H3BN2S. The Balaban J connectivity index is 2.95. The number of thiophene rings is 1. The van der Waals surface area contributed by atoms with Gasteiger partial charge in [0.15, 0.2) is 0 Å². The zero-order valence-electron chi connectivity index (χ0n) is 4.61. The van der Waals surface area contributed by atoms with Gasteiger partial charge in [0.2, 0.25) is 0 Å². The number of nitrogens with zero attached hydrogens (tertiary/aromatic N) is 2. The van der Waals surface area contributed by atoms with E-state index in [2.05, 4.69) is 10.1 Å². The molecule has 0 aliphatic carbocycles. The maximum absolute atomic E-state index is 3.75. The molecule has 0 bridgehead atoms. The van der Waals surface area contributed by atoms with Crippen LogP contribution in [0.25, 0.3) is 9.98 Å². The summed E-state index contributed by atoms with van der Waals surface area (Å²) in [5.74, 6) is 0. The Morgan fingerprint density at radius 2 is 2.56 bits per heavy atom. The summed E-state index contributed by atoms with van der Waals surface area (Å²) in [4.78, 5) is 0. The Bertz CT molecular complexity index is 289. The van der Waals surface area contributed by atoms with E-state index in [-0.39, 0.29) is 0 Å². The molecule has 0 unspecified atom stereocenters. The van der Waals surface area contributed by atoms with Gasteiger partial charge in [0.05, 0.1) is 0 Å². The van der Waals surface area contributed by atoms with Crippen LogP contribution in [0.5, 0.6) is 0 Å². The first-order chi connectivity index (χ1) is 4.47. The third-order valence-electron chi connectivity index (χ3n) is 1.17. The molecule has 0 saturated carbocycles. The van der Waals surface area contributed by atoms with Crippen LogP contribution in [-0.4, -0.2) is 17.2 Å². The average molecular weight is 134 g/mol. The Labute approximate surface area is 56.8 Å². The summed E-state index contributed by atoms with van der Waals surface area (Å²) in [6, 6.07) is 2.04. The fourth-order valence-corrected chi connectivity index (χ4v) is 1.45. The van der Waals surface area contributed by atoms with Crippen molar-refractivity contribution in [1.29, 1.82) is 0 Å². The summed E-state index contributed by atoms with van der Waals surface area (Å²) in [5.41, 5.74) is 0. The van der Waals surface area contributed by atoms with Crippen molar-refractivity contribution in [2.24, 2.45) is 0 Å². The van der Waals surface area contributed by atoms with Crippen molar-refractivity contribution in [2.45, 2.75) is 0 Å². The van der Waals surface area contributed by atoms with Gasteiger partial charge in [0.25, 0.3) is 0 Å².